The first-order chi connectivity index (χ1) is 11.4. The Morgan fingerprint density at radius 2 is 1.75 bits per heavy atom. The van der Waals surface area contributed by atoms with Gasteiger partial charge in [0.1, 0.15) is 0 Å². The fraction of sp³-hybridized carbons (Fsp3) is 0.381. The van der Waals surface area contributed by atoms with Crippen LogP contribution < -0.4 is 0 Å². The quantitative estimate of drug-likeness (QED) is 0.630. The third kappa shape index (κ3) is 4.39. The number of halogens is 1. The summed E-state index contributed by atoms with van der Waals surface area (Å²) in [6, 6.07) is 14.3. The Morgan fingerprint density at radius 1 is 1.08 bits per heavy atom. The van der Waals surface area contributed by atoms with Gasteiger partial charge in [0.2, 0.25) is 0 Å². The molecule has 0 amide bonds. The SMILES string of the molecule is CCOC(=O)C(C)CC(c1ccccc1C)c1cc(Cl)ccc1C. The third-order valence-corrected chi connectivity index (χ3v) is 4.69. The normalized spacial score (nSPS) is 13.4. The van der Waals surface area contributed by atoms with Crippen molar-refractivity contribution < 1.29 is 9.53 Å². The molecule has 0 aliphatic carbocycles. The number of ether oxygens (including phenoxy) is 1. The van der Waals surface area contributed by atoms with Crippen LogP contribution in [-0.4, -0.2) is 12.6 Å². The van der Waals surface area contributed by atoms with E-state index in [1.54, 1.807) is 0 Å². The summed E-state index contributed by atoms with van der Waals surface area (Å²) >= 11 is 6.25. The summed E-state index contributed by atoms with van der Waals surface area (Å²) in [7, 11) is 0. The van der Waals surface area contributed by atoms with Crippen molar-refractivity contribution in [2.45, 2.75) is 40.0 Å². The fourth-order valence-corrected chi connectivity index (χ4v) is 3.30. The van der Waals surface area contributed by atoms with Crippen LogP contribution in [0.4, 0.5) is 0 Å². The zero-order valence-corrected chi connectivity index (χ0v) is 15.6. The van der Waals surface area contributed by atoms with Crippen molar-refractivity contribution in [1.82, 2.24) is 0 Å². The van der Waals surface area contributed by atoms with Crippen LogP contribution in [0.5, 0.6) is 0 Å². The average Bonchev–Trinajstić information content (AvgIpc) is 2.56. The summed E-state index contributed by atoms with van der Waals surface area (Å²) in [5.41, 5.74) is 4.81. The molecule has 0 heterocycles. The second-order valence-electron chi connectivity index (χ2n) is 6.30. The maximum atomic E-state index is 12.1. The number of aryl methyl sites for hydroxylation is 2. The van der Waals surface area contributed by atoms with Crippen LogP contribution >= 0.6 is 11.6 Å². The lowest BCUT2D eigenvalue weighted by molar-refractivity contribution is -0.147. The lowest BCUT2D eigenvalue weighted by Gasteiger charge is -2.24. The molecule has 0 aliphatic rings. The molecule has 24 heavy (non-hydrogen) atoms. The number of carbonyl (C=O) groups excluding carboxylic acids is 1. The molecule has 0 aliphatic heterocycles. The maximum absolute atomic E-state index is 12.1. The number of hydrogen-bond acceptors (Lipinski definition) is 2. The van der Waals surface area contributed by atoms with Gasteiger partial charge in [-0.05, 0) is 61.6 Å². The molecular formula is C21H25ClO2. The molecular weight excluding hydrogens is 320 g/mol. The summed E-state index contributed by atoms with van der Waals surface area (Å²) in [4.78, 5) is 12.1. The fourth-order valence-electron chi connectivity index (χ4n) is 3.12. The van der Waals surface area contributed by atoms with E-state index in [1.165, 1.54) is 22.3 Å². The monoisotopic (exact) mass is 344 g/mol. The highest BCUT2D eigenvalue weighted by Crippen LogP contribution is 2.36. The van der Waals surface area contributed by atoms with Crippen molar-refractivity contribution >= 4 is 17.6 Å². The number of carbonyl (C=O) groups is 1. The highest BCUT2D eigenvalue weighted by molar-refractivity contribution is 6.30. The molecule has 2 rings (SSSR count). The predicted molar refractivity (Wildman–Crippen MR) is 99.6 cm³/mol. The highest BCUT2D eigenvalue weighted by Gasteiger charge is 2.25. The van der Waals surface area contributed by atoms with Gasteiger partial charge in [0.05, 0.1) is 12.5 Å². The van der Waals surface area contributed by atoms with Crippen molar-refractivity contribution in [2.24, 2.45) is 5.92 Å². The minimum absolute atomic E-state index is 0.115. The molecule has 2 unspecified atom stereocenters. The van der Waals surface area contributed by atoms with Crippen molar-refractivity contribution in [3.8, 4) is 0 Å². The highest BCUT2D eigenvalue weighted by atomic mass is 35.5. The van der Waals surface area contributed by atoms with E-state index in [1.807, 2.05) is 44.2 Å². The molecule has 2 atom stereocenters. The van der Waals surface area contributed by atoms with Crippen LogP contribution in [0.25, 0.3) is 0 Å². The molecule has 0 N–H and O–H groups in total. The van der Waals surface area contributed by atoms with Gasteiger partial charge in [-0.15, -0.1) is 0 Å². The molecule has 0 radical (unpaired) electrons. The average molecular weight is 345 g/mol. The molecule has 3 heteroatoms. The van der Waals surface area contributed by atoms with Gasteiger partial charge < -0.3 is 4.74 Å². The number of hydrogen-bond donors (Lipinski definition) is 0. The Kier molecular flexibility index (Phi) is 6.44. The Hall–Kier alpha value is -1.80. The maximum Gasteiger partial charge on any atom is 0.308 e. The Labute approximate surface area is 149 Å². The van der Waals surface area contributed by atoms with E-state index in [2.05, 4.69) is 26.0 Å². The second kappa shape index (κ2) is 8.34. The van der Waals surface area contributed by atoms with Gasteiger partial charge in [-0.25, -0.2) is 0 Å². The van der Waals surface area contributed by atoms with Crippen molar-refractivity contribution in [3.05, 3.63) is 69.7 Å². The van der Waals surface area contributed by atoms with Crippen molar-refractivity contribution in [1.29, 1.82) is 0 Å². The molecule has 0 spiro atoms. The molecule has 0 saturated carbocycles. The minimum Gasteiger partial charge on any atom is -0.466 e. The van der Waals surface area contributed by atoms with Crippen LogP contribution in [0.1, 0.15) is 48.4 Å². The largest absolute Gasteiger partial charge is 0.466 e. The van der Waals surface area contributed by atoms with Crippen LogP contribution in [0.3, 0.4) is 0 Å². The summed E-state index contributed by atoms with van der Waals surface area (Å²) in [5, 5.41) is 0.720. The Bertz CT molecular complexity index is 709. The van der Waals surface area contributed by atoms with E-state index in [9.17, 15) is 4.79 Å². The van der Waals surface area contributed by atoms with E-state index >= 15 is 0 Å². The summed E-state index contributed by atoms with van der Waals surface area (Å²) in [6.45, 7) is 8.38. The molecule has 2 aromatic carbocycles. The van der Waals surface area contributed by atoms with E-state index in [0.29, 0.717) is 13.0 Å². The van der Waals surface area contributed by atoms with Gasteiger partial charge in [-0.1, -0.05) is 48.9 Å². The first kappa shape index (κ1) is 18.5. The van der Waals surface area contributed by atoms with Crippen LogP contribution in [-0.2, 0) is 9.53 Å². The van der Waals surface area contributed by atoms with E-state index < -0.39 is 0 Å². The number of rotatable bonds is 6. The van der Waals surface area contributed by atoms with Crippen LogP contribution in [0.15, 0.2) is 42.5 Å². The molecule has 0 aromatic heterocycles. The summed E-state index contributed by atoms with van der Waals surface area (Å²) in [6.07, 6.45) is 0.699. The van der Waals surface area contributed by atoms with Crippen LogP contribution in [0, 0.1) is 19.8 Å². The lowest BCUT2D eigenvalue weighted by Crippen LogP contribution is -2.19. The van der Waals surface area contributed by atoms with Crippen LogP contribution in [0.2, 0.25) is 5.02 Å². The first-order valence-corrected chi connectivity index (χ1v) is 8.80. The smallest absolute Gasteiger partial charge is 0.308 e. The van der Waals surface area contributed by atoms with Gasteiger partial charge >= 0.3 is 5.97 Å². The van der Waals surface area contributed by atoms with E-state index in [4.69, 9.17) is 16.3 Å². The Morgan fingerprint density at radius 3 is 2.42 bits per heavy atom. The second-order valence-corrected chi connectivity index (χ2v) is 6.74. The molecule has 0 saturated heterocycles. The number of esters is 1. The minimum atomic E-state index is -0.173. The van der Waals surface area contributed by atoms with Gasteiger partial charge in [0.15, 0.2) is 0 Å². The summed E-state index contributed by atoms with van der Waals surface area (Å²) < 4.78 is 5.20. The molecule has 0 fully saturated rings. The summed E-state index contributed by atoms with van der Waals surface area (Å²) in [5.74, 6) is -0.201. The zero-order chi connectivity index (χ0) is 17.7. The van der Waals surface area contributed by atoms with E-state index in [0.717, 1.165) is 5.02 Å². The van der Waals surface area contributed by atoms with E-state index in [-0.39, 0.29) is 17.8 Å². The molecule has 128 valence electrons. The van der Waals surface area contributed by atoms with Crippen molar-refractivity contribution in [2.75, 3.05) is 6.61 Å². The first-order valence-electron chi connectivity index (χ1n) is 8.42. The molecule has 2 nitrogen and oxygen atoms in total. The standard InChI is InChI=1S/C21H25ClO2/c1-5-24-21(23)16(4)12-20(18-9-7-6-8-14(18)2)19-13-17(22)11-10-15(19)3/h6-11,13,16,20H,5,12H2,1-4H3. The molecule has 0 bridgehead atoms. The molecule has 2 aromatic rings. The zero-order valence-electron chi connectivity index (χ0n) is 14.8. The third-order valence-electron chi connectivity index (χ3n) is 4.46. The van der Waals surface area contributed by atoms with Gasteiger partial charge in [0, 0.05) is 10.9 Å². The number of benzene rings is 2. The topological polar surface area (TPSA) is 26.3 Å². The van der Waals surface area contributed by atoms with Gasteiger partial charge in [-0.2, -0.15) is 0 Å². The van der Waals surface area contributed by atoms with Gasteiger partial charge in [0.25, 0.3) is 0 Å². The lowest BCUT2D eigenvalue weighted by atomic mass is 9.80. The predicted octanol–water partition coefficient (Wildman–Crippen LogP) is 5.68. The van der Waals surface area contributed by atoms with Crippen molar-refractivity contribution in [3.63, 3.8) is 0 Å². The van der Waals surface area contributed by atoms with Gasteiger partial charge in [-0.3, -0.25) is 4.79 Å². The Balaban J connectivity index is 2.44.